The van der Waals surface area contributed by atoms with Crippen LogP contribution in [0.4, 0.5) is 0 Å². The topological polar surface area (TPSA) is 71.5 Å². The number of aromatic nitrogens is 1. The minimum absolute atomic E-state index is 0.0157. The summed E-state index contributed by atoms with van der Waals surface area (Å²) in [4.78, 5) is 32.3. The average Bonchev–Trinajstić information content (AvgIpc) is 2.89. The van der Waals surface area contributed by atoms with Gasteiger partial charge in [-0.15, -0.1) is 0 Å². The Hall–Kier alpha value is -4.19. The molecule has 1 aromatic heterocycles. The van der Waals surface area contributed by atoms with Crippen molar-refractivity contribution in [3.63, 3.8) is 0 Å². The van der Waals surface area contributed by atoms with Gasteiger partial charge >= 0.3 is 0 Å². The average molecular weight is 494 g/mol. The molecule has 5 rings (SSSR count). The number of carbonyl (C=O) groups is 2. The summed E-state index contributed by atoms with van der Waals surface area (Å²) < 4.78 is 5.93. The highest BCUT2D eigenvalue weighted by Crippen LogP contribution is 2.25. The molecule has 6 heteroatoms. The molecule has 6 nitrogen and oxygen atoms in total. The molecule has 0 fully saturated rings. The van der Waals surface area contributed by atoms with Crippen molar-refractivity contribution in [2.24, 2.45) is 0 Å². The third-order valence-corrected chi connectivity index (χ3v) is 6.45. The van der Waals surface area contributed by atoms with Crippen LogP contribution in [0, 0.1) is 0 Å². The minimum atomic E-state index is -0.280. The molecule has 0 saturated heterocycles. The summed E-state index contributed by atoms with van der Waals surface area (Å²) in [5, 5.41) is 4.88. The second kappa shape index (κ2) is 10.1. The predicted molar refractivity (Wildman–Crippen MR) is 145 cm³/mol. The normalized spacial score (nSPS) is 13.2. The van der Waals surface area contributed by atoms with Crippen molar-refractivity contribution in [1.29, 1.82) is 0 Å². The second-order valence-electron chi connectivity index (χ2n) is 10.4. The lowest BCUT2D eigenvalue weighted by Gasteiger charge is -2.29. The van der Waals surface area contributed by atoms with Crippen molar-refractivity contribution in [3.05, 3.63) is 107 Å². The van der Waals surface area contributed by atoms with Crippen LogP contribution in [-0.4, -0.2) is 33.8 Å². The second-order valence-corrected chi connectivity index (χ2v) is 10.4. The van der Waals surface area contributed by atoms with Gasteiger partial charge in [-0.3, -0.25) is 14.6 Å². The highest BCUT2D eigenvalue weighted by molar-refractivity contribution is 6.06. The molecule has 0 saturated carbocycles. The highest BCUT2D eigenvalue weighted by atomic mass is 16.5. The number of nitrogens with one attached hydrogen (secondary N) is 1. The maximum absolute atomic E-state index is 13.4. The van der Waals surface area contributed by atoms with Gasteiger partial charge in [-0.2, -0.15) is 0 Å². The van der Waals surface area contributed by atoms with E-state index in [2.05, 4.69) is 10.3 Å². The molecule has 0 aliphatic carbocycles. The van der Waals surface area contributed by atoms with Crippen LogP contribution >= 0.6 is 0 Å². The fourth-order valence-corrected chi connectivity index (χ4v) is 4.70. The lowest BCUT2D eigenvalue weighted by molar-refractivity contribution is 0.0736. The van der Waals surface area contributed by atoms with E-state index >= 15 is 0 Å². The minimum Gasteiger partial charge on any atom is -0.488 e. The first-order valence-corrected chi connectivity index (χ1v) is 12.6. The summed E-state index contributed by atoms with van der Waals surface area (Å²) in [7, 11) is 0. The Bertz CT molecular complexity index is 1470. The molecule has 0 atom stereocenters. The molecule has 0 unspecified atom stereocenters. The summed E-state index contributed by atoms with van der Waals surface area (Å²) in [6.07, 6.45) is 4.20. The van der Waals surface area contributed by atoms with Crippen molar-refractivity contribution in [3.8, 4) is 5.75 Å². The summed E-state index contributed by atoms with van der Waals surface area (Å²) in [6, 6.07) is 21.2. The molecule has 1 N–H and O–H groups in total. The van der Waals surface area contributed by atoms with Crippen LogP contribution in [0.5, 0.6) is 5.75 Å². The number of fused-ring (bicyclic) bond motifs is 2. The molecule has 0 spiro atoms. The number of benzene rings is 3. The third-order valence-electron chi connectivity index (χ3n) is 6.45. The van der Waals surface area contributed by atoms with E-state index in [9.17, 15) is 9.59 Å². The molecule has 2 amide bonds. The van der Waals surface area contributed by atoms with Crippen molar-refractivity contribution >= 4 is 22.6 Å². The van der Waals surface area contributed by atoms with Gasteiger partial charge in [0.2, 0.25) is 0 Å². The Kier molecular flexibility index (Phi) is 6.66. The fraction of sp³-hybridized carbons (Fsp3) is 0.258. The molecule has 0 radical (unpaired) electrons. The first-order chi connectivity index (χ1) is 17.8. The van der Waals surface area contributed by atoms with Gasteiger partial charge in [0.05, 0.1) is 0 Å². The van der Waals surface area contributed by atoms with Crippen LogP contribution in [-0.2, 0) is 19.5 Å². The zero-order chi connectivity index (χ0) is 26.0. The number of carbonyl (C=O) groups excluding carboxylic acids is 2. The van der Waals surface area contributed by atoms with Gasteiger partial charge in [0.25, 0.3) is 11.8 Å². The number of pyridine rings is 1. The molecule has 3 aromatic carbocycles. The Morgan fingerprint density at radius 3 is 2.68 bits per heavy atom. The van der Waals surface area contributed by atoms with Crippen LogP contribution in [0.3, 0.4) is 0 Å². The zero-order valence-corrected chi connectivity index (χ0v) is 21.5. The van der Waals surface area contributed by atoms with Crippen LogP contribution in [0.15, 0.2) is 79.1 Å². The van der Waals surface area contributed by atoms with E-state index in [1.807, 2.05) is 92.4 Å². The molecular weight excluding hydrogens is 462 g/mol. The number of nitrogens with zero attached hydrogens (tertiary/aromatic N) is 2. The first-order valence-electron chi connectivity index (χ1n) is 12.6. The number of hydrogen-bond donors (Lipinski definition) is 1. The molecule has 188 valence electrons. The molecule has 37 heavy (non-hydrogen) atoms. The first kappa shape index (κ1) is 24.5. The van der Waals surface area contributed by atoms with Gasteiger partial charge in [-0.05, 0) is 85.7 Å². The van der Waals surface area contributed by atoms with Crippen molar-refractivity contribution < 1.29 is 14.3 Å². The summed E-state index contributed by atoms with van der Waals surface area (Å²) in [5.74, 6) is 0.682. The van der Waals surface area contributed by atoms with Crippen LogP contribution in [0.25, 0.3) is 10.8 Å². The molecule has 4 aromatic rings. The molecule has 1 aliphatic rings. The van der Waals surface area contributed by atoms with Crippen molar-refractivity contribution in [2.75, 3.05) is 6.54 Å². The van der Waals surface area contributed by atoms with Crippen LogP contribution in [0.2, 0.25) is 0 Å². The summed E-state index contributed by atoms with van der Waals surface area (Å²) in [5.41, 5.74) is 4.20. The predicted octanol–water partition coefficient (Wildman–Crippen LogP) is 5.54. The molecule has 1 aliphatic heterocycles. The van der Waals surface area contributed by atoms with E-state index in [0.29, 0.717) is 37.2 Å². The standard InChI is InChI=1S/C31H31N3O3/c1-31(2,3)37-26-8-4-6-21(16-26)18-33-29(35)23-10-11-25-20-34(15-13-22(25)17-23)30(36)28-9-5-7-24-19-32-14-12-27(24)28/h4-12,14,16-17,19H,13,15,18,20H2,1-3H3,(H,33,35). The number of ether oxygens (including phenoxy) is 1. The van der Waals surface area contributed by atoms with Gasteiger partial charge in [0, 0.05) is 48.5 Å². The molecule has 0 bridgehead atoms. The SMILES string of the molecule is CC(C)(C)Oc1cccc(CNC(=O)c2ccc3c(c2)CCN(C(=O)c2cccc4cnccc24)C3)c1. The summed E-state index contributed by atoms with van der Waals surface area (Å²) in [6.45, 7) is 7.58. The fourth-order valence-electron chi connectivity index (χ4n) is 4.70. The Morgan fingerprint density at radius 1 is 1.00 bits per heavy atom. The van der Waals surface area contributed by atoms with Crippen LogP contribution < -0.4 is 10.1 Å². The van der Waals surface area contributed by atoms with Gasteiger partial charge in [-0.1, -0.05) is 30.3 Å². The number of rotatable bonds is 5. The van der Waals surface area contributed by atoms with Gasteiger partial charge in [0.1, 0.15) is 11.4 Å². The molecular formula is C31H31N3O3. The summed E-state index contributed by atoms with van der Waals surface area (Å²) >= 11 is 0. The van der Waals surface area contributed by atoms with Gasteiger partial charge in [0.15, 0.2) is 0 Å². The van der Waals surface area contributed by atoms with E-state index in [1.54, 1.807) is 12.4 Å². The molecule has 2 heterocycles. The Morgan fingerprint density at radius 2 is 1.84 bits per heavy atom. The van der Waals surface area contributed by atoms with E-state index < -0.39 is 0 Å². The Balaban J connectivity index is 1.24. The maximum atomic E-state index is 13.4. The Labute approximate surface area is 217 Å². The van der Waals surface area contributed by atoms with E-state index in [0.717, 1.165) is 33.2 Å². The maximum Gasteiger partial charge on any atom is 0.254 e. The van der Waals surface area contributed by atoms with Gasteiger partial charge < -0.3 is 15.0 Å². The van der Waals surface area contributed by atoms with Crippen LogP contribution in [0.1, 0.15) is 58.2 Å². The zero-order valence-electron chi connectivity index (χ0n) is 21.5. The highest BCUT2D eigenvalue weighted by Gasteiger charge is 2.24. The number of hydrogen-bond acceptors (Lipinski definition) is 4. The lowest BCUT2D eigenvalue weighted by atomic mass is 9.96. The third kappa shape index (κ3) is 5.64. The quantitative estimate of drug-likeness (QED) is 0.396. The van der Waals surface area contributed by atoms with Gasteiger partial charge in [-0.25, -0.2) is 0 Å². The van der Waals surface area contributed by atoms with Crippen molar-refractivity contribution in [1.82, 2.24) is 15.2 Å². The smallest absolute Gasteiger partial charge is 0.254 e. The van der Waals surface area contributed by atoms with E-state index in [1.165, 1.54) is 0 Å². The van der Waals surface area contributed by atoms with Crippen molar-refractivity contribution in [2.45, 2.75) is 45.9 Å². The van der Waals surface area contributed by atoms with E-state index in [-0.39, 0.29) is 17.4 Å². The van der Waals surface area contributed by atoms with E-state index in [4.69, 9.17) is 4.74 Å². The monoisotopic (exact) mass is 493 g/mol. The number of amides is 2. The largest absolute Gasteiger partial charge is 0.488 e. The lowest BCUT2D eigenvalue weighted by Crippen LogP contribution is -2.36.